The van der Waals surface area contributed by atoms with Gasteiger partial charge in [0.05, 0.1) is 12.6 Å². The predicted molar refractivity (Wildman–Crippen MR) is 101 cm³/mol. The normalized spacial score (nSPS) is 19.3. The second kappa shape index (κ2) is 9.73. The highest BCUT2D eigenvalue weighted by Crippen LogP contribution is 2.23. The van der Waals surface area contributed by atoms with Gasteiger partial charge in [-0.25, -0.2) is 0 Å². The first-order chi connectivity index (χ1) is 12.0. The Morgan fingerprint density at radius 2 is 2.36 bits per heavy atom. The second-order valence-electron chi connectivity index (χ2n) is 6.70. The van der Waals surface area contributed by atoms with Crippen LogP contribution in [0.25, 0.3) is 0 Å². The number of hydrogen-bond acceptors (Lipinski definition) is 4. The molecule has 2 atom stereocenters. The Bertz CT molecular complexity index is 573. The van der Waals surface area contributed by atoms with E-state index in [0.29, 0.717) is 25.4 Å². The monoisotopic (exact) mass is 364 g/mol. The van der Waals surface area contributed by atoms with Crippen molar-refractivity contribution in [3.8, 4) is 0 Å². The smallest absolute Gasteiger partial charge is 0.303 e. The van der Waals surface area contributed by atoms with Crippen LogP contribution in [0.15, 0.2) is 30.2 Å². The molecule has 25 heavy (non-hydrogen) atoms. The van der Waals surface area contributed by atoms with Crippen molar-refractivity contribution in [2.75, 3.05) is 19.6 Å². The van der Waals surface area contributed by atoms with Gasteiger partial charge in [-0.3, -0.25) is 14.5 Å². The Kier molecular flexibility index (Phi) is 7.65. The molecule has 0 bridgehead atoms. The van der Waals surface area contributed by atoms with Crippen LogP contribution in [0, 0.1) is 5.92 Å². The van der Waals surface area contributed by atoms with Crippen LogP contribution in [0.4, 0.5) is 0 Å². The largest absolute Gasteiger partial charge is 0.481 e. The Morgan fingerprint density at radius 3 is 3.00 bits per heavy atom. The zero-order valence-corrected chi connectivity index (χ0v) is 15.7. The fraction of sp³-hybridized carbons (Fsp3) is 0.579. The van der Waals surface area contributed by atoms with Gasteiger partial charge < -0.3 is 10.0 Å². The van der Waals surface area contributed by atoms with Gasteiger partial charge in [-0.1, -0.05) is 12.1 Å². The Hall–Kier alpha value is -1.66. The van der Waals surface area contributed by atoms with E-state index in [9.17, 15) is 9.59 Å². The lowest BCUT2D eigenvalue weighted by Gasteiger charge is -2.38. The summed E-state index contributed by atoms with van der Waals surface area (Å²) < 4.78 is 0. The summed E-state index contributed by atoms with van der Waals surface area (Å²) in [6, 6.07) is 3.85. The SMILES string of the molecule is C=CCN(Cc1cccs1)C(=O)C(C)N1CCCC(CCC(=O)O)C1. The molecule has 5 nitrogen and oxygen atoms in total. The zero-order chi connectivity index (χ0) is 18.2. The maximum Gasteiger partial charge on any atom is 0.303 e. The Morgan fingerprint density at radius 1 is 1.56 bits per heavy atom. The lowest BCUT2D eigenvalue weighted by molar-refractivity contribution is -0.139. The Labute approximate surface area is 153 Å². The number of carbonyl (C=O) groups excluding carboxylic acids is 1. The quantitative estimate of drug-likeness (QED) is 0.684. The molecule has 0 aromatic carbocycles. The van der Waals surface area contributed by atoms with Crippen molar-refractivity contribution in [2.45, 2.75) is 45.2 Å². The van der Waals surface area contributed by atoms with E-state index < -0.39 is 5.97 Å². The van der Waals surface area contributed by atoms with Gasteiger partial charge in [-0.15, -0.1) is 17.9 Å². The van der Waals surface area contributed by atoms with Gasteiger partial charge in [0.2, 0.25) is 5.91 Å². The lowest BCUT2D eigenvalue weighted by atomic mass is 9.92. The van der Waals surface area contributed by atoms with E-state index in [1.54, 1.807) is 17.4 Å². The van der Waals surface area contributed by atoms with Gasteiger partial charge in [0, 0.05) is 24.4 Å². The minimum absolute atomic E-state index is 0.118. The van der Waals surface area contributed by atoms with E-state index in [-0.39, 0.29) is 18.4 Å². The molecule has 0 radical (unpaired) electrons. The van der Waals surface area contributed by atoms with Crippen LogP contribution < -0.4 is 0 Å². The number of carboxylic acids is 1. The number of piperidine rings is 1. The molecule has 1 fully saturated rings. The molecule has 1 aliphatic rings. The number of nitrogens with zero attached hydrogens (tertiary/aromatic N) is 2. The van der Waals surface area contributed by atoms with Gasteiger partial charge in [0.1, 0.15) is 0 Å². The first-order valence-electron chi connectivity index (χ1n) is 8.89. The molecule has 6 heteroatoms. The molecule has 1 aromatic heterocycles. The number of amides is 1. The zero-order valence-electron chi connectivity index (χ0n) is 14.9. The van der Waals surface area contributed by atoms with Crippen molar-refractivity contribution >= 4 is 23.2 Å². The van der Waals surface area contributed by atoms with Crippen LogP contribution in [-0.4, -0.2) is 52.5 Å². The molecule has 1 aromatic rings. The Balaban J connectivity index is 1.95. The maximum absolute atomic E-state index is 13.0. The number of thiophene rings is 1. The first kappa shape index (κ1) is 19.7. The third-order valence-corrected chi connectivity index (χ3v) is 5.67. The van der Waals surface area contributed by atoms with Crippen molar-refractivity contribution in [1.29, 1.82) is 0 Å². The molecule has 2 rings (SSSR count). The molecule has 0 spiro atoms. The second-order valence-corrected chi connectivity index (χ2v) is 7.73. The van der Waals surface area contributed by atoms with Crippen molar-refractivity contribution in [2.24, 2.45) is 5.92 Å². The van der Waals surface area contributed by atoms with Gasteiger partial charge in [0.15, 0.2) is 0 Å². The highest BCUT2D eigenvalue weighted by atomic mass is 32.1. The maximum atomic E-state index is 13.0. The van der Waals surface area contributed by atoms with E-state index >= 15 is 0 Å². The number of likely N-dealkylation sites (tertiary alicyclic amines) is 1. The topological polar surface area (TPSA) is 60.9 Å². The van der Waals surface area contributed by atoms with Gasteiger partial charge in [-0.2, -0.15) is 0 Å². The summed E-state index contributed by atoms with van der Waals surface area (Å²) in [5.74, 6) is -0.258. The van der Waals surface area contributed by atoms with Crippen LogP contribution in [0.5, 0.6) is 0 Å². The molecule has 0 saturated carbocycles. The predicted octanol–water partition coefficient (Wildman–Crippen LogP) is 3.23. The molecular formula is C19H28N2O3S. The average Bonchev–Trinajstić information content (AvgIpc) is 3.11. The average molecular weight is 365 g/mol. The van der Waals surface area contributed by atoms with E-state index in [4.69, 9.17) is 5.11 Å². The van der Waals surface area contributed by atoms with Crippen molar-refractivity contribution in [3.05, 3.63) is 35.0 Å². The van der Waals surface area contributed by atoms with Crippen LogP contribution >= 0.6 is 11.3 Å². The number of carbonyl (C=O) groups is 2. The molecule has 2 unspecified atom stereocenters. The highest BCUT2D eigenvalue weighted by molar-refractivity contribution is 7.09. The minimum atomic E-state index is -0.741. The fourth-order valence-electron chi connectivity index (χ4n) is 3.41. The summed E-state index contributed by atoms with van der Waals surface area (Å²) in [4.78, 5) is 29.0. The number of rotatable bonds is 9. The summed E-state index contributed by atoms with van der Waals surface area (Å²) in [7, 11) is 0. The fourth-order valence-corrected chi connectivity index (χ4v) is 4.13. The minimum Gasteiger partial charge on any atom is -0.481 e. The molecule has 1 saturated heterocycles. The van der Waals surface area contributed by atoms with Crippen LogP contribution in [0.1, 0.15) is 37.5 Å². The van der Waals surface area contributed by atoms with E-state index in [2.05, 4.69) is 11.5 Å². The van der Waals surface area contributed by atoms with E-state index in [0.717, 1.165) is 25.9 Å². The van der Waals surface area contributed by atoms with E-state index in [1.165, 1.54) is 4.88 Å². The summed E-state index contributed by atoms with van der Waals surface area (Å²) in [6.07, 6.45) is 4.74. The molecule has 2 heterocycles. The standard InChI is InChI=1S/C19H28N2O3S/c1-3-10-21(14-17-7-5-12-25-17)19(24)15(2)20-11-4-6-16(13-20)8-9-18(22)23/h3,5,7,12,15-16H,1,4,6,8-11,13-14H2,2H3,(H,22,23). The summed E-state index contributed by atoms with van der Waals surface area (Å²) in [5, 5.41) is 10.9. The lowest BCUT2D eigenvalue weighted by Crippen LogP contribution is -2.50. The van der Waals surface area contributed by atoms with Crippen molar-refractivity contribution in [1.82, 2.24) is 9.80 Å². The first-order valence-corrected chi connectivity index (χ1v) is 9.77. The third-order valence-electron chi connectivity index (χ3n) is 4.81. The van der Waals surface area contributed by atoms with Gasteiger partial charge >= 0.3 is 5.97 Å². The molecule has 1 N–H and O–H groups in total. The number of carboxylic acid groups (broad SMARTS) is 1. The van der Waals surface area contributed by atoms with Crippen LogP contribution in [-0.2, 0) is 16.1 Å². The van der Waals surface area contributed by atoms with Gasteiger partial charge in [0.25, 0.3) is 0 Å². The molecule has 0 aliphatic carbocycles. The van der Waals surface area contributed by atoms with Gasteiger partial charge in [-0.05, 0) is 50.1 Å². The van der Waals surface area contributed by atoms with Crippen LogP contribution in [0.2, 0.25) is 0 Å². The third kappa shape index (κ3) is 5.97. The van der Waals surface area contributed by atoms with Crippen molar-refractivity contribution < 1.29 is 14.7 Å². The molecule has 1 amide bonds. The highest BCUT2D eigenvalue weighted by Gasteiger charge is 2.30. The molecule has 138 valence electrons. The van der Waals surface area contributed by atoms with Crippen molar-refractivity contribution in [3.63, 3.8) is 0 Å². The van der Waals surface area contributed by atoms with Crippen LogP contribution in [0.3, 0.4) is 0 Å². The summed E-state index contributed by atoms with van der Waals surface area (Å²) >= 11 is 1.65. The summed E-state index contributed by atoms with van der Waals surface area (Å²) in [5.41, 5.74) is 0. The van der Waals surface area contributed by atoms with E-state index in [1.807, 2.05) is 29.3 Å². The number of aliphatic carboxylic acids is 1. The molecular weight excluding hydrogens is 336 g/mol. The summed E-state index contributed by atoms with van der Waals surface area (Å²) in [6.45, 7) is 8.60. The molecule has 1 aliphatic heterocycles. The number of hydrogen-bond donors (Lipinski definition) is 1.